The van der Waals surface area contributed by atoms with Crippen LogP contribution in [0.2, 0.25) is 0 Å². The number of fused-ring (bicyclic) bond motifs is 3. The summed E-state index contributed by atoms with van der Waals surface area (Å²) in [7, 11) is 0. The molecule has 0 spiro atoms. The molecule has 5 rings (SSSR count). The average molecular weight is 469 g/mol. The van der Waals surface area contributed by atoms with Crippen molar-refractivity contribution in [1.29, 1.82) is 5.26 Å². The van der Waals surface area contributed by atoms with E-state index in [-0.39, 0.29) is 21.7 Å². The number of nitrogens with zero attached hydrogens (tertiary/aromatic N) is 2. The highest BCUT2D eigenvalue weighted by Gasteiger charge is 2.72. The third-order valence-corrected chi connectivity index (χ3v) is 13.1. The second kappa shape index (κ2) is 7.47. The Morgan fingerprint density at radius 3 is 2.38 bits per heavy atom. The molecule has 0 radical (unpaired) electrons. The van der Waals surface area contributed by atoms with Crippen LogP contribution in [0.15, 0.2) is 5.16 Å². The zero-order valence-corrected chi connectivity index (χ0v) is 22.8. The van der Waals surface area contributed by atoms with E-state index in [4.69, 9.17) is 4.74 Å². The summed E-state index contributed by atoms with van der Waals surface area (Å²) in [6.07, 6.45) is 12.8. The smallest absolute Gasteiger partial charge is 0.0663 e. The molecular formula is C30H48N2O2. The van der Waals surface area contributed by atoms with E-state index in [1.807, 2.05) is 0 Å². The predicted molar refractivity (Wildman–Crippen MR) is 135 cm³/mol. The van der Waals surface area contributed by atoms with Crippen molar-refractivity contribution in [3.05, 3.63) is 0 Å². The molecule has 4 saturated carbocycles. The van der Waals surface area contributed by atoms with Gasteiger partial charge in [0.2, 0.25) is 0 Å². The molecule has 1 saturated heterocycles. The number of nitriles is 1. The molecule has 1 N–H and O–H groups in total. The molecule has 0 amide bonds. The van der Waals surface area contributed by atoms with Gasteiger partial charge in [0.15, 0.2) is 0 Å². The maximum Gasteiger partial charge on any atom is 0.0663 e. The molecule has 9 atom stereocenters. The fourth-order valence-electron chi connectivity index (χ4n) is 11.2. The van der Waals surface area contributed by atoms with Gasteiger partial charge in [-0.1, -0.05) is 48.5 Å². The van der Waals surface area contributed by atoms with Crippen LogP contribution in [0.4, 0.5) is 0 Å². The Morgan fingerprint density at radius 1 is 1.00 bits per heavy atom. The molecule has 5 fully saturated rings. The largest absolute Gasteiger partial charge is 0.411 e. The van der Waals surface area contributed by atoms with E-state index < -0.39 is 0 Å². The fourth-order valence-corrected chi connectivity index (χ4v) is 11.2. The van der Waals surface area contributed by atoms with Gasteiger partial charge in [-0.15, -0.1) is 5.16 Å². The molecular weight excluding hydrogens is 420 g/mol. The van der Waals surface area contributed by atoms with E-state index in [2.05, 4.69) is 59.7 Å². The lowest BCUT2D eigenvalue weighted by Crippen LogP contribution is -2.66. The minimum Gasteiger partial charge on any atom is -0.411 e. The van der Waals surface area contributed by atoms with Gasteiger partial charge in [0.1, 0.15) is 0 Å². The van der Waals surface area contributed by atoms with Gasteiger partial charge >= 0.3 is 0 Å². The van der Waals surface area contributed by atoms with E-state index >= 15 is 0 Å². The fraction of sp³-hybridized carbons (Fsp3) is 0.933. The van der Waals surface area contributed by atoms with Gasteiger partial charge < -0.3 is 9.94 Å². The molecule has 4 aliphatic carbocycles. The highest BCUT2D eigenvalue weighted by molar-refractivity contribution is 5.64. The number of hydrogen-bond donors (Lipinski definition) is 1. The lowest BCUT2D eigenvalue weighted by atomic mass is 9.32. The van der Waals surface area contributed by atoms with Gasteiger partial charge in [0.25, 0.3) is 0 Å². The van der Waals surface area contributed by atoms with Crippen molar-refractivity contribution in [2.24, 2.45) is 61.3 Å². The highest BCUT2D eigenvalue weighted by atomic mass is 16.5. The summed E-state index contributed by atoms with van der Waals surface area (Å²) in [6.45, 7) is 17.9. The molecule has 1 aliphatic heterocycles. The molecule has 2 bridgehead atoms. The summed E-state index contributed by atoms with van der Waals surface area (Å²) in [4.78, 5) is 0. The Kier molecular flexibility index (Phi) is 5.41. The Labute approximate surface area is 207 Å². The maximum atomic E-state index is 10.0. The standard InChI is InChI=1S/C30H48N2O2/c1-25(2)12-14-30-15-13-28(6)20(23(30)24(25)34-19-30)8-9-22-27(5,16-17-31)21(10-11-29(22,28)7)26(3,4)18-32-33/h18,20-24,33H,8-16,19H2,1-7H3/b32-18+/t20-,21+,22-,23+,24-,27+,28-,29-,30-/m1/s1. The first-order chi connectivity index (χ1) is 15.8. The highest BCUT2D eigenvalue weighted by Crippen LogP contribution is 2.77. The van der Waals surface area contributed by atoms with Crippen LogP contribution in [0.25, 0.3) is 0 Å². The molecule has 0 aromatic carbocycles. The van der Waals surface area contributed by atoms with Gasteiger partial charge in [-0.25, -0.2) is 0 Å². The first kappa shape index (κ1) is 24.6. The maximum absolute atomic E-state index is 10.0. The monoisotopic (exact) mass is 468 g/mol. The van der Waals surface area contributed by atoms with E-state index in [0.717, 1.165) is 18.9 Å². The molecule has 5 aliphatic rings. The van der Waals surface area contributed by atoms with E-state index in [1.165, 1.54) is 44.9 Å². The van der Waals surface area contributed by atoms with Gasteiger partial charge in [-0.2, -0.15) is 5.26 Å². The Bertz CT molecular complexity index is 904. The van der Waals surface area contributed by atoms with Crippen molar-refractivity contribution < 1.29 is 9.94 Å². The minimum atomic E-state index is -0.226. The normalized spacial score (nSPS) is 51.9. The number of oxime groups is 1. The van der Waals surface area contributed by atoms with E-state index in [9.17, 15) is 10.5 Å². The molecule has 190 valence electrons. The van der Waals surface area contributed by atoms with Crippen molar-refractivity contribution in [2.45, 2.75) is 112 Å². The Hall–Kier alpha value is -1.08. The molecule has 0 aromatic rings. The molecule has 4 heteroatoms. The summed E-state index contributed by atoms with van der Waals surface area (Å²) in [5, 5.41) is 22.9. The van der Waals surface area contributed by atoms with E-state index in [0.29, 0.717) is 41.1 Å². The van der Waals surface area contributed by atoms with Gasteiger partial charge in [-0.05, 0) is 102 Å². The zero-order chi connectivity index (χ0) is 24.8. The quantitative estimate of drug-likeness (QED) is 0.266. The van der Waals surface area contributed by atoms with Crippen LogP contribution < -0.4 is 0 Å². The average Bonchev–Trinajstić information content (AvgIpc) is 3.08. The van der Waals surface area contributed by atoms with Crippen LogP contribution in [0, 0.1) is 67.5 Å². The Balaban J connectivity index is 1.55. The lowest BCUT2D eigenvalue weighted by Gasteiger charge is -2.72. The third-order valence-electron chi connectivity index (χ3n) is 13.1. The summed E-state index contributed by atoms with van der Waals surface area (Å²) >= 11 is 0. The minimum absolute atomic E-state index is 0.0725. The zero-order valence-electron chi connectivity index (χ0n) is 22.8. The van der Waals surface area contributed by atoms with E-state index in [1.54, 1.807) is 6.21 Å². The number of hydrogen-bond acceptors (Lipinski definition) is 4. The summed E-state index contributed by atoms with van der Waals surface area (Å²) in [6, 6.07) is 2.61. The molecule has 0 aromatic heterocycles. The summed E-state index contributed by atoms with van der Waals surface area (Å²) < 4.78 is 6.68. The number of ether oxygens (including phenoxy) is 1. The summed E-state index contributed by atoms with van der Waals surface area (Å²) in [5.74, 6) is 2.29. The van der Waals surface area contributed by atoms with Crippen LogP contribution in [0.5, 0.6) is 0 Å². The lowest BCUT2D eigenvalue weighted by molar-refractivity contribution is -0.230. The van der Waals surface area contributed by atoms with Crippen LogP contribution in [0.1, 0.15) is 106 Å². The van der Waals surface area contributed by atoms with Crippen LogP contribution in [0.3, 0.4) is 0 Å². The van der Waals surface area contributed by atoms with Crippen LogP contribution in [-0.4, -0.2) is 24.1 Å². The van der Waals surface area contributed by atoms with Crippen LogP contribution in [-0.2, 0) is 4.74 Å². The van der Waals surface area contributed by atoms with Gasteiger partial charge in [0.05, 0.1) is 18.8 Å². The molecule has 0 unspecified atom stereocenters. The van der Waals surface area contributed by atoms with Gasteiger partial charge in [-0.3, -0.25) is 0 Å². The first-order valence-corrected chi connectivity index (χ1v) is 14.0. The second-order valence-corrected chi connectivity index (χ2v) is 15.2. The number of rotatable bonds is 3. The molecule has 4 nitrogen and oxygen atoms in total. The third kappa shape index (κ3) is 2.95. The van der Waals surface area contributed by atoms with Crippen molar-refractivity contribution in [2.75, 3.05) is 6.61 Å². The van der Waals surface area contributed by atoms with Crippen molar-refractivity contribution in [3.63, 3.8) is 0 Å². The Morgan fingerprint density at radius 2 is 1.71 bits per heavy atom. The first-order valence-electron chi connectivity index (χ1n) is 14.0. The predicted octanol–water partition coefficient (Wildman–Crippen LogP) is 7.46. The van der Waals surface area contributed by atoms with Crippen molar-refractivity contribution in [1.82, 2.24) is 0 Å². The molecule has 34 heavy (non-hydrogen) atoms. The molecule has 1 heterocycles. The second-order valence-electron chi connectivity index (χ2n) is 15.2. The van der Waals surface area contributed by atoms with Crippen molar-refractivity contribution in [3.8, 4) is 6.07 Å². The van der Waals surface area contributed by atoms with Crippen LogP contribution >= 0.6 is 0 Å². The van der Waals surface area contributed by atoms with Crippen molar-refractivity contribution >= 4 is 6.21 Å². The summed E-state index contributed by atoms with van der Waals surface area (Å²) in [5.41, 5.74) is 0.919. The van der Waals surface area contributed by atoms with Gasteiger partial charge in [0, 0.05) is 18.1 Å². The topological polar surface area (TPSA) is 65.6 Å². The SMILES string of the molecule is CC(C)(/C=N/O)[C@@H]1CC[C@]2(C)[C@H](CC[C@@H]3[C@H]4[C@H]5OC[C@@]4(CCC5(C)C)CC[C@]32C)[C@@]1(C)CC#N.